The quantitative estimate of drug-likeness (QED) is 0.0405. The van der Waals surface area contributed by atoms with Gasteiger partial charge in [0.05, 0.1) is 31.8 Å². The summed E-state index contributed by atoms with van der Waals surface area (Å²) in [6, 6.07) is 0. The molecule has 0 saturated heterocycles. The summed E-state index contributed by atoms with van der Waals surface area (Å²) in [4.78, 5) is 30.0. The molecule has 0 aliphatic rings. The largest absolute Gasteiger partial charge is 0.466 e. The van der Waals surface area contributed by atoms with Crippen molar-refractivity contribution in [3.05, 3.63) is 0 Å². The Balaban J connectivity index is 4.97. The minimum absolute atomic E-state index is 0.0834. The van der Waals surface area contributed by atoms with E-state index in [9.17, 15) is 19.8 Å². The van der Waals surface area contributed by atoms with Crippen LogP contribution < -0.4 is 5.32 Å². The Morgan fingerprint density at radius 1 is 0.317 bits per heavy atom. The minimum Gasteiger partial charge on any atom is -0.466 e. The summed E-state index contributed by atoms with van der Waals surface area (Å²) in [6.45, 7) is 16.5. The third kappa shape index (κ3) is 64.7. The van der Waals surface area contributed by atoms with Gasteiger partial charge in [-0.1, -0.05) is 317 Å². The van der Waals surface area contributed by atoms with Crippen molar-refractivity contribution < 1.29 is 29.3 Å². The molecule has 0 rings (SSSR count). The Hall–Kier alpha value is -1.26. The number of aliphatic hydroxyl groups excluding tert-OH is 2. The fourth-order valence-corrected chi connectivity index (χ4v) is 11.9. The van der Waals surface area contributed by atoms with Crippen LogP contribution >= 0.6 is 0 Å². The van der Waals surface area contributed by atoms with Crippen molar-refractivity contribution in [2.45, 2.75) is 393 Å². The number of carbonyl (C=O) groups is 2. The molecule has 0 radical (unpaired) electrons. The average molecular weight is 1160 g/mol. The molecule has 9 heteroatoms. The number of rotatable bonds is 71. The van der Waals surface area contributed by atoms with Crippen LogP contribution in [0.2, 0.25) is 0 Å². The van der Waals surface area contributed by atoms with E-state index in [1.165, 1.54) is 276 Å². The van der Waals surface area contributed by atoms with E-state index in [1.54, 1.807) is 0 Å². The first-order chi connectivity index (χ1) is 40.4. The van der Waals surface area contributed by atoms with E-state index >= 15 is 0 Å². The maximum atomic E-state index is 12.5. The van der Waals surface area contributed by atoms with Gasteiger partial charge < -0.3 is 34.8 Å². The van der Waals surface area contributed by atoms with Crippen LogP contribution in [0.5, 0.6) is 0 Å². The van der Waals surface area contributed by atoms with E-state index in [1.807, 2.05) is 0 Å². The number of aliphatic hydroxyl groups is 2. The Labute approximate surface area is 512 Å². The molecule has 9 nitrogen and oxygen atoms in total. The standard InChI is InChI=1S/C73H147N3O6/c1-5-9-13-17-21-25-29-33-37-41-45-51-61-75(68-70(77)57-49-50-58-72(79)81-65-55-47-43-39-35-31-27-23-19-15-11-7-3)63-53-54-64-76(62-52-46-42-38-34-30-26-22-18-14-10-6-2)69-71(78)67-74-60-59-73(80)82-66-56-48-44-40-36-32-28-24-20-16-12-8-4/h70-71,74,77-78H,5-69H2,1-4H3. The van der Waals surface area contributed by atoms with Gasteiger partial charge in [-0.3, -0.25) is 9.59 Å². The van der Waals surface area contributed by atoms with Gasteiger partial charge in [-0.15, -0.1) is 0 Å². The number of hydrogen-bond acceptors (Lipinski definition) is 9. The molecule has 0 fully saturated rings. The summed E-state index contributed by atoms with van der Waals surface area (Å²) in [6.07, 6.45) is 67.7. The van der Waals surface area contributed by atoms with Crippen LogP contribution in [-0.2, 0) is 19.1 Å². The fourth-order valence-electron chi connectivity index (χ4n) is 11.9. The maximum absolute atomic E-state index is 12.5. The highest BCUT2D eigenvalue weighted by Gasteiger charge is 2.16. The lowest BCUT2D eigenvalue weighted by molar-refractivity contribution is -0.144. The Bertz CT molecular complexity index is 1150. The predicted molar refractivity (Wildman–Crippen MR) is 356 cm³/mol. The van der Waals surface area contributed by atoms with Crippen LogP contribution in [0.25, 0.3) is 0 Å². The summed E-state index contributed by atoms with van der Waals surface area (Å²) in [5, 5.41) is 25.9. The van der Waals surface area contributed by atoms with E-state index in [2.05, 4.69) is 42.8 Å². The number of esters is 2. The monoisotopic (exact) mass is 1160 g/mol. The molecule has 2 atom stereocenters. The first kappa shape index (κ1) is 80.7. The normalized spacial score (nSPS) is 12.5. The van der Waals surface area contributed by atoms with Crippen molar-refractivity contribution in [1.82, 2.24) is 15.1 Å². The topological polar surface area (TPSA) is 112 Å². The number of hydrogen-bond donors (Lipinski definition) is 3. The second kappa shape index (κ2) is 68.8. The van der Waals surface area contributed by atoms with Crippen molar-refractivity contribution >= 4 is 11.9 Å². The number of ether oxygens (including phenoxy) is 2. The molecule has 0 heterocycles. The van der Waals surface area contributed by atoms with Crippen LogP contribution in [-0.4, -0.2) is 110 Å². The lowest BCUT2D eigenvalue weighted by Gasteiger charge is -2.27. The van der Waals surface area contributed by atoms with Crippen LogP contribution in [0.1, 0.15) is 381 Å². The smallest absolute Gasteiger partial charge is 0.307 e. The van der Waals surface area contributed by atoms with Gasteiger partial charge in [0, 0.05) is 32.6 Å². The zero-order valence-electron chi connectivity index (χ0n) is 56.0. The molecule has 0 aliphatic heterocycles. The molecule has 0 aliphatic carbocycles. The van der Waals surface area contributed by atoms with Crippen molar-refractivity contribution in [2.24, 2.45) is 0 Å². The predicted octanol–water partition coefficient (Wildman–Crippen LogP) is 20.5. The third-order valence-electron chi connectivity index (χ3n) is 17.4. The Morgan fingerprint density at radius 2 is 0.573 bits per heavy atom. The molecule has 0 amide bonds. The highest BCUT2D eigenvalue weighted by atomic mass is 16.5. The van der Waals surface area contributed by atoms with E-state index in [4.69, 9.17) is 9.47 Å². The second-order valence-corrected chi connectivity index (χ2v) is 25.8. The van der Waals surface area contributed by atoms with Gasteiger partial charge in [-0.2, -0.15) is 0 Å². The molecule has 490 valence electrons. The Morgan fingerprint density at radius 3 is 0.890 bits per heavy atom. The van der Waals surface area contributed by atoms with Gasteiger partial charge in [0.2, 0.25) is 0 Å². The fraction of sp³-hybridized carbons (Fsp3) is 0.973. The molecule has 82 heavy (non-hydrogen) atoms. The molecule has 0 spiro atoms. The van der Waals surface area contributed by atoms with Crippen LogP contribution in [0.4, 0.5) is 0 Å². The molecular weight excluding hydrogens is 1010 g/mol. The lowest BCUT2D eigenvalue weighted by Crippen LogP contribution is -2.40. The highest BCUT2D eigenvalue weighted by molar-refractivity contribution is 5.69. The van der Waals surface area contributed by atoms with Crippen molar-refractivity contribution in [2.75, 3.05) is 65.6 Å². The average Bonchev–Trinajstić information content (AvgIpc) is 3.47. The summed E-state index contributed by atoms with van der Waals surface area (Å²) in [7, 11) is 0. The first-order valence-corrected chi connectivity index (χ1v) is 37.2. The van der Waals surface area contributed by atoms with E-state index in [-0.39, 0.29) is 18.0 Å². The lowest BCUT2D eigenvalue weighted by atomic mass is 10.0. The molecule has 0 aromatic carbocycles. The highest BCUT2D eigenvalue weighted by Crippen LogP contribution is 2.18. The number of carbonyl (C=O) groups excluding carboxylic acids is 2. The maximum Gasteiger partial charge on any atom is 0.307 e. The molecule has 3 N–H and O–H groups in total. The molecule has 0 bridgehead atoms. The summed E-state index contributed by atoms with van der Waals surface area (Å²) in [5.41, 5.74) is 0. The SMILES string of the molecule is CCCCCCCCCCCCCCOC(=O)CCCCC(O)CN(CCCCCCCCCCCCCC)CCCCN(CCCCCCCCCCCCCC)CC(O)CNCCC(=O)OCCCCCCCCCCCCCC. The van der Waals surface area contributed by atoms with Gasteiger partial charge >= 0.3 is 11.9 Å². The third-order valence-corrected chi connectivity index (χ3v) is 17.4. The molecule has 0 saturated carbocycles. The van der Waals surface area contributed by atoms with Gasteiger partial charge in [-0.25, -0.2) is 0 Å². The Kier molecular flexibility index (Phi) is 67.8. The van der Waals surface area contributed by atoms with E-state index in [0.717, 1.165) is 90.4 Å². The van der Waals surface area contributed by atoms with Crippen molar-refractivity contribution in [1.29, 1.82) is 0 Å². The summed E-state index contributed by atoms with van der Waals surface area (Å²) >= 11 is 0. The number of unbranched alkanes of at least 4 members (excludes halogenated alkanes) is 46. The minimum atomic E-state index is -0.493. The number of nitrogens with zero attached hydrogens (tertiary/aromatic N) is 2. The van der Waals surface area contributed by atoms with Gasteiger partial charge in [-0.05, 0) is 77.5 Å². The molecule has 2 unspecified atom stereocenters. The molecular formula is C73H147N3O6. The van der Waals surface area contributed by atoms with Gasteiger partial charge in [0.1, 0.15) is 0 Å². The van der Waals surface area contributed by atoms with Crippen molar-refractivity contribution in [3.8, 4) is 0 Å². The van der Waals surface area contributed by atoms with E-state index < -0.39 is 6.10 Å². The summed E-state index contributed by atoms with van der Waals surface area (Å²) < 4.78 is 11.1. The van der Waals surface area contributed by atoms with Crippen LogP contribution in [0.15, 0.2) is 0 Å². The van der Waals surface area contributed by atoms with Crippen LogP contribution in [0.3, 0.4) is 0 Å². The number of nitrogens with one attached hydrogen (secondary N) is 1. The van der Waals surface area contributed by atoms with Crippen LogP contribution in [0, 0.1) is 0 Å². The first-order valence-electron chi connectivity index (χ1n) is 37.2. The second-order valence-electron chi connectivity index (χ2n) is 25.8. The van der Waals surface area contributed by atoms with Crippen molar-refractivity contribution in [3.63, 3.8) is 0 Å². The van der Waals surface area contributed by atoms with Gasteiger partial charge in [0.15, 0.2) is 0 Å². The van der Waals surface area contributed by atoms with E-state index in [0.29, 0.717) is 52.2 Å². The van der Waals surface area contributed by atoms with Gasteiger partial charge in [0.25, 0.3) is 0 Å². The molecule has 0 aromatic rings. The summed E-state index contributed by atoms with van der Waals surface area (Å²) in [5.74, 6) is -0.226. The zero-order valence-corrected chi connectivity index (χ0v) is 56.0. The zero-order chi connectivity index (χ0) is 59.5. The molecule has 0 aromatic heterocycles.